The normalized spacial score (nSPS) is 15.2. The summed E-state index contributed by atoms with van der Waals surface area (Å²) in [5.41, 5.74) is 2.21. The Balaban J connectivity index is 1.96. The maximum absolute atomic E-state index is 12.6. The Kier molecular flexibility index (Phi) is 5.50. The van der Waals surface area contributed by atoms with E-state index in [4.69, 9.17) is 11.6 Å². The maximum Gasteiger partial charge on any atom is 0.286 e. The molecule has 0 atom stereocenters. The molecule has 0 saturated heterocycles. The van der Waals surface area contributed by atoms with Gasteiger partial charge in [-0.25, -0.2) is 0 Å². The largest absolute Gasteiger partial charge is 0.328 e. The molecule has 6 nitrogen and oxygen atoms in total. The molecule has 0 saturated carbocycles. The third-order valence-corrected chi connectivity index (χ3v) is 6.21. The molecule has 0 aliphatic carbocycles. The molecule has 3 rings (SSSR count). The first kappa shape index (κ1) is 20.4. The molecule has 28 heavy (non-hydrogen) atoms. The number of rotatable bonds is 4. The summed E-state index contributed by atoms with van der Waals surface area (Å²) in [7, 11) is -3.86. The number of carbonyl (C=O) groups excluding carboxylic acids is 1. The number of amidine groups is 1. The zero-order chi connectivity index (χ0) is 20.6. The summed E-state index contributed by atoms with van der Waals surface area (Å²) in [5, 5.41) is 3.29. The molecule has 2 aromatic carbocycles. The van der Waals surface area contributed by atoms with Gasteiger partial charge in [0.1, 0.15) is 10.7 Å². The van der Waals surface area contributed by atoms with Crippen LogP contribution in [0, 0.1) is 12.8 Å². The van der Waals surface area contributed by atoms with E-state index in [0.29, 0.717) is 34.7 Å². The van der Waals surface area contributed by atoms with Crippen LogP contribution in [0.15, 0.2) is 45.7 Å². The summed E-state index contributed by atoms with van der Waals surface area (Å²) in [4.78, 5) is 14.5. The van der Waals surface area contributed by atoms with Crippen LogP contribution in [0.5, 0.6) is 0 Å². The molecule has 0 spiro atoms. The third-order valence-electron chi connectivity index (χ3n) is 4.41. The van der Waals surface area contributed by atoms with Crippen LogP contribution < -0.4 is 10.2 Å². The Morgan fingerprint density at radius 3 is 2.54 bits per heavy atom. The molecule has 1 aliphatic rings. The fraction of sp³-hybridized carbons (Fsp3) is 0.300. The van der Waals surface area contributed by atoms with Crippen molar-refractivity contribution in [1.29, 1.82) is 0 Å². The van der Waals surface area contributed by atoms with Crippen LogP contribution in [0.4, 0.5) is 11.4 Å². The SMILES string of the molecule is CC1=NS(=O)(=O)c2cc(C(=O)Nc3ccc(C)c(Cl)c3)ccc2N1CC(C)C. The van der Waals surface area contributed by atoms with Crippen molar-refractivity contribution < 1.29 is 13.2 Å². The second-order valence-electron chi connectivity index (χ2n) is 7.22. The van der Waals surface area contributed by atoms with E-state index in [9.17, 15) is 13.2 Å². The molecule has 0 unspecified atom stereocenters. The zero-order valence-corrected chi connectivity index (χ0v) is 17.7. The second kappa shape index (κ2) is 7.56. The molecule has 1 heterocycles. The Labute approximate surface area is 170 Å². The van der Waals surface area contributed by atoms with Crippen LogP contribution in [0.3, 0.4) is 0 Å². The van der Waals surface area contributed by atoms with Crippen molar-refractivity contribution >= 4 is 44.7 Å². The van der Waals surface area contributed by atoms with Crippen LogP contribution >= 0.6 is 11.6 Å². The minimum absolute atomic E-state index is 0.0355. The van der Waals surface area contributed by atoms with Crippen molar-refractivity contribution in [2.75, 3.05) is 16.8 Å². The number of fused-ring (bicyclic) bond motifs is 1. The van der Waals surface area contributed by atoms with Crippen molar-refractivity contribution in [2.45, 2.75) is 32.6 Å². The minimum Gasteiger partial charge on any atom is -0.328 e. The number of amides is 1. The molecule has 148 valence electrons. The van der Waals surface area contributed by atoms with Gasteiger partial charge in [-0.05, 0) is 55.7 Å². The smallest absolute Gasteiger partial charge is 0.286 e. The quantitative estimate of drug-likeness (QED) is 0.792. The van der Waals surface area contributed by atoms with Crippen LogP contribution in [0.25, 0.3) is 0 Å². The molecule has 1 N–H and O–H groups in total. The lowest BCUT2D eigenvalue weighted by atomic mass is 10.1. The molecule has 0 fully saturated rings. The average molecular weight is 420 g/mol. The van der Waals surface area contributed by atoms with Crippen molar-refractivity contribution in [3.8, 4) is 0 Å². The number of sulfonamides is 1. The fourth-order valence-corrected chi connectivity index (χ4v) is 4.44. The van der Waals surface area contributed by atoms with Crippen molar-refractivity contribution in [2.24, 2.45) is 10.3 Å². The second-order valence-corrected chi connectivity index (χ2v) is 9.20. The van der Waals surface area contributed by atoms with Gasteiger partial charge in [-0.1, -0.05) is 31.5 Å². The van der Waals surface area contributed by atoms with Crippen molar-refractivity contribution in [1.82, 2.24) is 0 Å². The fourth-order valence-electron chi connectivity index (χ4n) is 3.00. The van der Waals surface area contributed by atoms with Crippen molar-refractivity contribution in [3.63, 3.8) is 0 Å². The Hall–Kier alpha value is -2.38. The van der Waals surface area contributed by atoms with E-state index >= 15 is 0 Å². The highest BCUT2D eigenvalue weighted by molar-refractivity contribution is 7.90. The van der Waals surface area contributed by atoms with Gasteiger partial charge in [0.25, 0.3) is 15.9 Å². The Morgan fingerprint density at radius 1 is 1.18 bits per heavy atom. The molecular formula is C20H22ClN3O3S. The topological polar surface area (TPSA) is 78.8 Å². The monoisotopic (exact) mass is 419 g/mol. The number of nitrogens with zero attached hydrogens (tertiary/aromatic N) is 2. The van der Waals surface area contributed by atoms with E-state index in [1.54, 1.807) is 37.3 Å². The van der Waals surface area contributed by atoms with Gasteiger partial charge in [0.15, 0.2) is 0 Å². The van der Waals surface area contributed by atoms with Crippen LogP contribution in [0.2, 0.25) is 5.02 Å². The zero-order valence-electron chi connectivity index (χ0n) is 16.2. The minimum atomic E-state index is -3.86. The highest BCUT2D eigenvalue weighted by Gasteiger charge is 2.30. The van der Waals surface area contributed by atoms with Gasteiger partial charge in [-0.15, -0.1) is 4.40 Å². The van der Waals surface area contributed by atoms with E-state index in [-0.39, 0.29) is 10.5 Å². The van der Waals surface area contributed by atoms with Gasteiger partial charge in [0.05, 0.1) is 5.69 Å². The predicted octanol–water partition coefficient (Wildman–Crippen LogP) is 4.48. The van der Waals surface area contributed by atoms with Gasteiger partial charge in [0.2, 0.25) is 0 Å². The number of aryl methyl sites for hydroxylation is 1. The predicted molar refractivity (Wildman–Crippen MR) is 113 cm³/mol. The number of hydrogen-bond acceptors (Lipinski definition) is 4. The number of carbonyl (C=O) groups is 1. The standard InChI is InChI=1S/C20H22ClN3O3S/c1-12(2)11-24-14(4)23-28(26,27)19-9-15(6-8-18(19)24)20(25)22-16-7-5-13(3)17(21)10-16/h5-10,12H,11H2,1-4H3,(H,22,25). The lowest BCUT2D eigenvalue weighted by Crippen LogP contribution is -2.36. The van der Waals surface area contributed by atoms with Gasteiger partial charge >= 0.3 is 0 Å². The van der Waals surface area contributed by atoms with Crippen LogP contribution in [-0.2, 0) is 10.0 Å². The van der Waals surface area contributed by atoms with Crippen LogP contribution in [-0.4, -0.2) is 26.7 Å². The number of nitrogens with one attached hydrogen (secondary N) is 1. The van der Waals surface area contributed by atoms with Crippen LogP contribution in [0.1, 0.15) is 36.7 Å². The van der Waals surface area contributed by atoms with E-state index in [1.165, 1.54) is 6.07 Å². The lowest BCUT2D eigenvalue weighted by Gasteiger charge is -2.30. The average Bonchev–Trinajstić information content (AvgIpc) is 2.61. The van der Waals surface area contributed by atoms with Crippen molar-refractivity contribution in [3.05, 3.63) is 52.5 Å². The number of halogens is 1. The first-order valence-corrected chi connectivity index (χ1v) is 10.7. The summed E-state index contributed by atoms with van der Waals surface area (Å²) < 4.78 is 29.0. The molecule has 8 heteroatoms. The highest BCUT2D eigenvalue weighted by atomic mass is 35.5. The summed E-state index contributed by atoms with van der Waals surface area (Å²) in [6.45, 7) is 8.26. The first-order chi connectivity index (χ1) is 13.1. The number of anilines is 2. The third kappa shape index (κ3) is 4.05. The van der Waals surface area contributed by atoms with Gasteiger partial charge < -0.3 is 10.2 Å². The molecule has 0 aromatic heterocycles. The van der Waals surface area contributed by atoms with Gasteiger partial charge in [-0.3, -0.25) is 4.79 Å². The van der Waals surface area contributed by atoms with E-state index in [2.05, 4.69) is 9.71 Å². The van der Waals surface area contributed by atoms with E-state index in [0.717, 1.165) is 5.56 Å². The molecule has 1 aliphatic heterocycles. The number of benzene rings is 2. The summed E-state index contributed by atoms with van der Waals surface area (Å²) in [6, 6.07) is 9.85. The highest BCUT2D eigenvalue weighted by Crippen LogP contribution is 2.33. The lowest BCUT2D eigenvalue weighted by molar-refractivity contribution is 0.102. The molecule has 1 amide bonds. The summed E-state index contributed by atoms with van der Waals surface area (Å²) >= 11 is 6.10. The Morgan fingerprint density at radius 2 is 1.89 bits per heavy atom. The van der Waals surface area contributed by atoms with Gasteiger partial charge in [0, 0.05) is 22.8 Å². The summed E-state index contributed by atoms with van der Waals surface area (Å²) in [5.74, 6) is 0.320. The molecule has 0 bridgehead atoms. The van der Waals surface area contributed by atoms with E-state index in [1.807, 2.05) is 25.7 Å². The molecule has 2 aromatic rings. The molecule has 0 radical (unpaired) electrons. The maximum atomic E-state index is 12.6. The number of hydrogen-bond donors (Lipinski definition) is 1. The molecular weight excluding hydrogens is 398 g/mol. The van der Waals surface area contributed by atoms with Gasteiger partial charge in [-0.2, -0.15) is 8.42 Å². The Bertz CT molecular complexity index is 1080. The van der Waals surface area contributed by atoms with E-state index < -0.39 is 15.9 Å². The summed E-state index contributed by atoms with van der Waals surface area (Å²) in [6.07, 6.45) is 0. The first-order valence-electron chi connectivity index (χ1n) is 8.89.